The standard InChI is InChI=1S/C12H15N5S/c1-7-8(2)16-17-12(14-7)15-9-3-4-10-11(5-9)18-6-13-10/h6,9H,3-5H2,1-2H3,(H,14,15,17)/t9-/m0/s1. The largest absolute Gasteiger partial charge is 0.350 e. The molecule has 2 aromatic rings. The van der Waals surface area contributed by atoms with Gasteiger partial charge in [-0.1, -0.05) is 0 Å². The summed E-state index contributed by atoms with van der Waals surface area (Å²) in [5.41, 5.74) is 5.01. The van der Waals surface area contributed by atoms with Crippen LogP contribution in [0.3, 0.4) is 0 Å². The average Bonchev–Trinajstić information content (AvgIpc) is 2.81. The van der Waals surface area contributed by atoms with Crippen LogP contribution in [0.5, 0.6) is 0 Å². The van der Waals surface area contributed by atoms with Crippen LogP contribution in [0, 0.1) is 13.8 Å². The van der Waals surface area contributed by atoms with E-state index >= 15 is 0 Å². The molecular weight excluding hydrogens is 246 g/mol. The van der Waals surface area contributed by atoms with Gasteiger partial charge in [-0.15, -0.1) is 16.4 Å². The highest BCUT2D eigenvalue weighted by Crippen LogP contribution is 2.25. The third kappa shape index (κ3) is 2.20. The third-order valence-electron chi connectivity index (χ3n) is 3.31. The zero-order valence-electron chi connectivity index (χ0n) is 10.5. The molecule has 1 N–H and O–H groups in total. The first-order valence-electron chi connectivity index (χ1n) is 6.08. The highest BCUT2D eigenvalue weighted by Gasteiger charge is 2.21. The smallest absolute Gasteiger partial charge is 0.243 e. The quantitative estimate of drug-likeness (QED) is 0.894. The van der Waals surface area contributed by atoms with Gasteiger partial charge in [0.2, 0.25) is 5.95 Å². The van der Waals surface area contributed by atoms with Crippen LogP contribution in [0.1, 0.15) is 28.4 Å². The molecule has 18 heavy (non-hydrogen) atoms. The van der Waals surface area contributed by atoms with E-state index in [2.05, 4.69) is 25.5 Å². The summed E-state index contributed by atoms with van der Waals surface area (Å²) in [7, 11) is 0. The van der Waals surface area contributed by atoms with Crippen molar-refractivity contribution in [1.29, 1.82) is 0 Å². The van der Waals surface area contributed by atoms with Gasteiger partial charge in [-0.3, -0.25) is 0 Å². The molecule has 0 aliphatic heterocycles. The van der Waals surface area contributed by atoms with Crippen LogP contribution >= 0.6 is 11.3 Å². The fraction of sp³-hybridized carbons (Fsp3) is 0.500. The summed E-state index contributed by atoms with van der Waals surface area (Å²) in [6.07, 6.45) is 3.12. The van der Waals surface area contributed by atoms with Crippen molar-refractivity contribution >= 4 is 17.3 Å². The Morgan fingerprint density at radius 1 is 1.28 bits per heavy atom. The van der Waals surface area contributed by atoms with E-state index in [9.17, 15) is 0 Å². The Labute approximate surface area is 110 Å². The van der Waals surface area contributed by atoms with Crippen molar-refractivity contribution in [3.8, 4) is 0 Å². The molecule has 5 nitrogen and oxygen atoms in total. The number of nitrogens with one attached hydrogen (secondary N) is 1. The molecule has 0 saturated carbocycles. The van der Waals surface area contributed by atoms with Gasteiger partial charge in [-0.05, 0) is 26.7 Å². The number of rotatable bonds is 2. The zero-order chi connectivity index (χ0) is 12.5. The molecule has 2 heterocycles. The molecule has 0 fully saturated rings. The third-order valence-corrected chi connectivity index (χ3v) is 4.21. The van der Waals surface area contributed by atoms with Gasteiger partial charge in [-0.25, -0.2) is 9.97 Å². The van der Waals surface area contributed by atoms with Gasteiger partial charge in [-0.2, -0.15) is 5.10 Å². The maximum absolute atomic E-state index is 4.41. The Balaban J connectivity index is 1.72. The van der Waals surface area contributed by atoms with E-state index in [0.29, 0.717) is 12.0 Å². The zero-order valence-corrected chi connectivity index (χ0v) is 11.3. The molecule has 0 bridgehead atoms. The number of aryl methyl sites for hydroxylation is 3. The second-order valence-corrected chi connectivity index (χ2v) is 5.55. The van der Waals surface area contributed by atoms with E-state index in [1.807, 2.05) is 19.4 Å². The molecule has 0 radical (unpaired) electrons. The number of aromatic nitrogens is 4. The topological polar surface area (TPSA) is 63.6 Å². The molecule has 1 atom stereocenters. The number of hydrogen-bond acceptors (Lipinski definition) is 6. The molecule has 3 rings (SSSR count). The van der Waals surface area contributed by atoms with Crippen molar-refractivity contribution < 1.29 is 0 Å². The summed E-state index contributed by atoms with van der Waals surface area (Å²) in [6, 6.07) is 0.391. The van der Waals surface area contributed by atoms with Gasteiger partial charge in [0.15, 0.2) is 0 Å². The normalized spacial score (nSPS) is 18.4. The maximum atomic E-state index is 4.41. The molecule has 1 aliphatic carbocycles. The minimum atomic E-state index is 0.391. The van der Waals surface area contributed by atoms with Crippen LogP contribution in [0.25, 0.3) is 0 Å². The van der Waals surface area contributed by atoms with Crippen molar-refractivity contribution in [2.24, 2.45) is 0 Å². The summed E-state index contributed by atoms with van der Waals surface area (Å²) in [5, 5.41) is 11.6. The molecule has 94 valence electrons. The van der Waals surface area contributed by atoms with Gasteiger partial charge >= 0.3 is 0 Å². The molecule has 2 aromatic heterocycles. The van der Waals surface area contributed by atoms with Crippen LogP contribution < -0.4 is 5.32 Å². The summed E-state index contributed by atoms with van der Waals surface area (Å²) >= 11 is 1.74. The maximum Gasteiger partial charge on any atom is 0.243 e. The SMILES string of the molecule is Cc1nnc(N[C@H]2CCc3ncsc3C2)nc1C. The fourth-order valence-electron chi connectivity index (χ4n) is 2.12. The highest BCUT2D eigenvalue weighted by molar-refractivity contribution is 7.09. The molecule has 0 amide bonds. The lowest BCUT2D eigenvalue weighted by Gasteiger charge is -2.22. The van der Waals surface area contributed by atoms with Crippen molar-refractivity contribution in [3.63, 3.8) is 0 Å². The first-order chi connectivity index (χ1) is 8.72. The lowest BCUT2D eigenvalue weighted by atomic mass is 9.98. The van der Waals surface area contributed by atoms with Crippen LogP contribution in [0.4, 0.5) is 5.95 Å². The number of thiazole rings is 1. The van der Waals surface area contributed by atoms with Gasteiger partial charge in [0.25, 0.3) is 0 Å². The monoisotopic (exact) mass is 261 g/mol. The molecule has 0 saturated heterocycles. The summed E-state index contributed by atoms with van der Waals surface area (Å²) in [4.78, 5) is 10.2. The highest BCUT2D eigenvalue weighted by atomic mass is 32.1. The van der Waals surface area contributed by atoms with Gasteiger partial charge in [0, 0.05) is 17.3 Å². The van der Waals surface area contributed by atoms with Crippen molar-refractivity contribution in [2.75, 3.05) is 5.32 Å². The number of hydrogen-bond donors (Lipinski definition) is 1. The molecule has 0 aromatic carbocycles. The van der Waals surface area contributed by atoms with E-state index in [-0.39, 0.29) is 0 Å². The number of fused-ring (bicyclic) bond motifs is 1. The van der Waals surface area contributed by atoms with Crippen molar-refractivity contribution in [2.45, 2.75) is 39.2 Å². The lowest BCUT2D eigenvalue weighted by Crippen LogP contribution is -2.28. The second kappa shape index (κ2) is 4.61. The Morgan fingerprint density at radius 3 is 3.00 bits per heavy atom. The van der Waals surface area contributed by atoms with Crippen LogP contribution in [-0.2, 0) is 12.8 Å². The predicted octanol–water partition coefficient (Wildman–Crippen LogP) is 1.91. The number of nitrogens with zero attached hydrogens (tertiary/aromatic N) is 4. The van der Waals surface area contributed by atoms with E-state index < -0.39 is 0 Å². The van der Waals surface area contributed by atoms with Crippen LogP contribution in [0.2, 0.25) is 0 Å². The lowest BCUT2D eigenvalue weighted by molar-refractivity contribution is 0.603. The Morgan fingerprint density at radius 2 is 2.17 bits per heavy atom. The Kier molecular flexibility index (Phi) is 2.95. The fourth-order valence-corrected chi connectivity index (χ4v) is 3.02. The minimum absolute atomic E-state index is 0.391. The summed E-state index contributed by atoms with van der Waals surface area (Å²) in [6.45, 7) is 3.88. The Bertz CT molecular complexity index is 565. The van der Waals surface area contributed by atoms with Crippen LogP contribution in [0.15, 0.2) is 5.51 Å². The van der Waals surface area contributed by atoms with E-state index in [1.54, 1.807) is 11.3 Å². The van der Waals surface area contributed by atoms with E-state index in [0.717, 1.165) is 30.7 Å². The first-order valence-corrected chi connectivity index (χ1v) is 6.96. The predicted molar refractivity (Wildman–Crippen MR) is 70.9 cm³/mol. The molecule has 6 heteroatoms. The molecule has 1 aliphatic rings. The average molecular weight is 261 g/mol. The van der Waals surface area contributed by atoms with E-state index in [4.69, 9.17) is 0 Å². The van der Waals surface area contributed by atoms with Gasteiger partial charge in [0.05, 0.1) is 22.6 Å². The van der Waals surface area contributed by atoms with E-state index in [1.165, 1.54) is 10.6 Å². The summed E-state index contributed by atoms with van der Waals surface area (Å²) < 4.78 is 0. The first kappa shape index (κ1) is 11.5. The van der Waals surface area contributed by atoms with Crippen molar-refractivity contribution in [3.05, 3.63) is 27.5 Å². The second-order valence-electron chi connectivity index (χ2n) is 4.61. The molecule has 0 spiro atoms. The van der Waals surface area contributed by atoms with Crippen LogP contribution in [-0.4, -0.2) is 26.2 Å². The number of anilines is 1. The minimum Gasteiger partial charge on any atom is -0.350 e. The summed E-state index contributed by atoms with van der Waals surface area (Å²) in [5.74, 6) is 0.635. The Hall–Kier alpha value is -1.56. The van der Waals surface area contributed by atoms with Gasteiger partial charge < -0.3 is 5.32 Å². The van der Waals surface area contributed by atoms with Gasteiger partial charge in [0.1, 0.15) is 0 Å². The molecular formula is C12H15N5S. The van der Waals surface area contributed by atoms with Crippen molar-refractivity contribution in [1.82, 2.24) is 20.2 Å². The molecule has 0 unspecified atom stereocenters.